The van der Waals surface area contributed by atoms with E-state index in [4.69, 9.17) is 11.6 Å². The first-order chi connectivity index (χ1) is 10.9. The van der Waals surface area contributed by atoms with Crippen molar-refractivity contribution in [3.63, 3.8) is 0 Å². The maximum atomic E-state index is 11.8. The summed E-state index contributed by atoms with van der Waals surface area (Å²) >= 11 is 7.34. The smallest absolute Gasteiger partial charge is 0.172 e. The molecule has 1 aromatic rings. The van der Waals surface area contributed by atoms with Gasteiger partial charge in [0, 0.05) is 22.1 Å². The van der Waals surface area contributed by atoms with Crippen molar-refractivity contribution in [2.45, 2.75) is 45.4 Å². The minimum atomic E-state index is -0.129. The Morgan fingerprint density at radius 2 is 1.74 bits per heavy atom. The van der Waals surface area contributed by atoms with Crippen molar-refractivity contribution in [1.29, 1.82) is 0 Å². The zero-order valence-electron chi connectivity index (χ0n) is 13.0. The van der Waals surface area contributed by atoms with Crippen LogP contribution in [0.2, 0.25) is 5.02 Å². The summed E-state index contributed by atoms with van der Waals surface area (Å²) < 4.78 is 0. The zero-order chi connectivity index (χ0) is 17.0. The van der Waals surface area contributed by atoms with Gasteiger partial charge in [-0.15, -0.1) is 11.3 Å². The number of thiophene rings is 1. The van der Waals surface area contributed by atoms with Crippen LogP contribution in [0, 0.1) is 18.8 Å². The highest BCUT2D eigenvalue weighted by atomic mass is 35.5. The fraction of sp³-hybridized carbons (Fsp3) is 0.529. The topological polar surface area (TPSA) is 68.3 Å². The summed E-state index contributed by atoms with van der Waals surface area (Å²) in [6.07, 6.45) is 4.73. The van der Waals surface area contributed by atoms with Gasteiger partial charge in [-0.3, -0.25) is 14.4 Å². The van der Waals surface area contributed by atoms with E-state index in [1.165, 1.54) is 11.3 Å². The maximum Gasteiger partial charge on any atom is 0.172 e. The van der Waals surface area contributed by atoms with Crippen molar-refractivity contribution in [2.24, 2.45) is 11.8 Å². The van der Waals surface area contributed by atoms with E-state index >= 15 is 0 Å². The number of halogens is 1. The normalized spacial score (nSPS) is 16.3. The number of carbonyl (C=O) groups excluding carboxylic acids is 4. The molecule has 0 aliphatic heterocycles. The van der Waals surface area contributed by atoms with Crippen LogP contribution in [-0.4, -0.2) is 23.6 Å². The van der Waals surface area contributed by atoms with Gasteiger partial charge in [0.15, 0.2) is 5.78 Å². The minimum Gasteiger partial charge on any atom is -0.303 e. The summed E-state index contributed by atoms with van der Waals surface area (Å²) in [6.45, 7) is 1.85. The molecule has 4 nitrogen and oxygen atoms in total. The lowest BCUT2D eigenvalue weighted by molar-refractivity contribution is -0.123. The van der Waals surface area contributed by atoms with Gasteiger partial charge in [0.25, 0.3) is 0 Å². The summed E-state index contributed by atoms with van der Waals surface area (Å²) in [5, 5.41) is 2.22. The SMILES string of the molecule is Cc1scc(Cl)c1C(=O)CC(=O)C1CC1.O=CCC(=O)C1CC1. The van der Waals surface area contributed by atoms with E-state index in [0.29, 0.717) is 16.9 Å². The van der Waals surface area contributed by atoms with Gasteiger partial charge in [-0.25, -0.2) is 0 Å². The van der Waals surface area contributed by atoms with E-state index < -0.39 is 0 Å². The number of carbonyl (C=O) groups is 4. The molecule has 0 atom stereocenters. The highest BCUT2D eigenvalue weighted by molar-refractivity contribution is 7.10. The average molecular weight is 355 g/mol. The largest absolute Gasteiger partial charge is 0.303 e. The molecule has 0 aromatic carbocycles. The third-order valence-electron chi connectivity index (χ3n) is 3.89. The Morgan fingerprint density at radius 3 is 2.17 bits per heavy atom. The molecule has 3 rings (SSSR count). The summed E-state index contributed by atoms with van der Waals surface area (Å²) in [5.41, 5.74) is 0.538. The van der Waals surface area contributed by atoms with E-state index in [9.17, 15) is 19.2 Å². The highest BCUT2D eigenvalue weighted by Gasteiger charge is 2.31. The van der Waals surface area contributed by atoms with Crippen LogP contribution in [-0.2, 0) is 14.4 Å². The van der Waals surface area contributed by atoms with Gasteiger partial charge in [0.05, 0.1) is 23.4 Å². The lowest BCUT2D eigenvalue weighted by Crippen LogP contribution is -2.10. The molecule has 23 heavy (non-hydrogen) atoms. The Labute approximate surface area is 144 Å². The summed E-state index contributed by atoms with van der Waals surface area (Å²) in [6, 6.07) is 0. The standard InChI is InChI=1S/C11H11ClO2S.C6H8O2/c1-6-11(8(12)5-15-6)10(14)4-9(13)7-2-3-7;7-4-3-6(8)5-1-2-5/h5,7H,2-4H2,1H3;4-5H,1-3H2. The molecule has 0 unspecified atom stereocenters. The van der Waals surface area contributed by atoms with Crippen LogP contribution >= 0.6 is 22.9 Å². The second-order valence-electron chi connectivity index (χ2n) is 5.97. The van der Waals surface area contributed by atoms with Crippen LogP contribution in [0.5, 0.6) is 0 Å². The average Bonchev–Trinajstić information content (AvgIpc) is 3.39. The molecule has 2 saturated carbocycles. The third-order valence-corrected chi connectivity index (χ3v) is 5.23. The van der Waals surface area contributed by atoms with Gasteiger partial charge >= 0.3 is 0 Å². The molecule has 0 saturated heterocycles. The number of hydrogen-bond donors (Lipinski definition) is 0. The van der Waals surface area contributed by atoms with Crippen LogP contribution in [0.25, 0.3) is 0 Å². The van der Waals surface area contributed by atoms with E-state index in [0.717, 1.165) is 30.6 Å². The molecule has 1 heterocycles. The van der Waals surface area contributed by atoms with Crippen LogP contribution in [0.15, 0.2) is 5.38 Å². The quantitative estimate of drug-likeness (QED) is 0.424. The van der Waals surface area contributed by atoms with Crippen molar-refractivity contribution in [1.82, 2.24) is 0 Å². The van der Waals surface area contributed by atoms with Gasteiger partial charge < -0.3 is 4.79 Å². The van der Waals surface area contributed by atoms with Gasteiger partial charge in [0.2, 0.25) is 0 Å². The number of aldehydes is 1. The van der Waals surface area contributed by atoms with Gasteiger partial charge in [0.1, 0.15) is 17.9 Å². The molecule has 2 aliphatic rings. The van der Waals surface area contributed by atoms with E-state index in [2.05, 4.69) is 0 Å². The molecule has 0 spiro atoms. The van der Waals surface area contributed by atoms with Gasteiger partial charge in [-0.2, -0.15) is 0 Å². The van der Waals surface area contributed by atoms with Crippen molar-refractivity contribution in [2.75, 3.05) is 0 Å². The van der Waals surface area contributed by atoms with Gasteiger partial charge in [-0.1, -0.05) is 11.6 Å². The monoisotopic (exact) mass is 354 g/mol. The predicted octanol–water partition coefficient (Wildman–Crippen LogP) is 3.82. The second kappa shape index (κ2) is 7.97. The second-order valence-corrected chi connectivity index (χ2v) is 7.46. The Bertz CT molecular complexity index is 607. The lowest BCUT2D eigenvalue weighted by atomic mass is 10.1. The van der Waals surface area contributed by atoms with Crippen molar-refractivity contribution in [3.05, 3.63) is 20.8 Å². The first-order valence-corrected chi connectivity index (χ1v) is 8.95. The molecule has 2 aliphatic carbocycles. The van der Waals surface area contributed by atoms with Crippen LogP contribution in [0.4, 0.5) is 0 Å². The summed E-state index contributed by atoms with van der Waals surface area (Å²) in [7, 11) is 0. The molecule has 0 N–H and O–H groups in total. The third kappa shape index (κ3) is 5.36. The van der Waals surface area contributed by atoms with Gasteiger partial charge in [-0.05, 0) is 32.6 Å². The van der Waals surface area contributed by atoms with Crippen LogP contribution in [0.1, 0.15) is 53.8 Å². The highest BCUT2D eigenvalue weighted by Crippen LogP contribution is 2.33. The first kappa shape index (κ1) is 18.0. The Morgan fingerprint density at radius 1 is 1.17 bits per heavy atom. The molecule has 0 bridgehead atoms. The molecule has 6 heteroatoms. The first-order valence-electron chi connectivity index (χ1n) is 7.69. The Hall–Kier alpha value is -1.33. The summed E-state index contributed by atoms with van der Waals surface area (Å²) in [4.78, 5) is 44.5. The van der Waals surface area contributed by atoms with Crippen molar-refractivity contribution >= 4 is 46.6 Å². The number of rotatable bonds is 7. The molecule has 0 radical (unpaired) electrons. The molecular weight excluding hydrogens is 336 g/mol. The zero-order valence-corrected chi connectivity index (χ0v) is 14.5. The number of aryl methyl sites for hydroxylation is 1. The Kier molecular flexibility index (Phi) is 6.25. The number of hydrogen-bond acceptors (Lipinski definition) is 5. The number of ketones is 3. The maximum absolute atomic E-state index is 11.8. The lowest BCUT2D eigenvalue weighted by Gasteiger charge is -1.99. The van der Waals surface area contributed by atoms with Crippen molar-refractivity contribution < 1.29 is 19.2 Å². The summed E-state index contributed by atoms with van der Waals surface area (Å²) in [5.74, 6) is 0.462. The number of Topliss-reactive ketones (excluding diaryl/α,β-unsaturated/α-hetero) is 3. The van der Waals surface area contributed by atoms with Crippen molar-refractivity contribution in [3.8, 4) is 0 Å². The fourth-order valence-electron chi connectivity index (χ4n) is 2.21. The van der Waals surface area contributed by atoms with E-state index in [1.807, 2.05) is 6.92 Å². The fourth-order valence-corrected chi connectivity index (χ4v) is 3.38. The molecule has 124 valence electrons. The molecule has 2 fully saturated rings. The van der Waals surface area contributed by atoms with Crippen LogP contribution in [0.3, 0.4) is 0 Å². The Balaban J connectivity index is 0.000000203. The van der Waals surface area contributed by atoms with E-state index in [1.54, 1.807) is 5.38 Å². The molecule has 1 aromatic heterocycles. The molecule has 0 amide bonds. The van der Waals surface area contributed by atoms with E-state index in [-0.39, 0.29) is 42.0 Å². The molecular formula is C17H19ClO4S. The minimum absolute atomic E-state index is 0.0158. The predicted molar refractivity (Wildman–Crippen MR) is 89.2 cm³/mol. The van der Waals surface area contributed by atoms with Crippen LogP contribution < -0.4 is 0 Å².